The average Bonchev–Trinajstić information content (AvgIpc) is 2.28. The number of rotatable bonds is 4. The number of piperazine rings is 1. The van der Waals surface area contributed by atoms with Gasteiger partial charge in [0.1, 0.15) is 6.10 Å². The van der Waals surface area contributed by atoms with Crippen molar-refractivity contribution in [1.82, 2.24) is 9.80 Å². The van der Waals surface area contributed by atoms with Crippen molar-refractivity contribution in [2.45, 2.75) is 39.8 Å². The van der Waals surface area contributed by atoms with Crippen LogP contribution in [-0.2, 0) is 9.53 Å². The highest BCUT2D eigenvalue weighted by molar-refractivity contribution is 5.80. The van der Waals surface area contributed by atoms with E-state index in [0.717, 1.165) is 26.2 Å². The first kappa shape index (κ1) is 13.5. The second-order valence-electron chi connectivity index (χ2n) is 4.55. The molecular formula is C12H24N2O2. The maximum Gasteiger partial charge on any atom is 0.251 e. The molecule has 1 unspecified atom stereocenters. The molecule has 4 heteroatoms. The third-order valence-corrected chi connectivity index (χ3v) is 3.12. The molecule has 0 aromatic rings. The second-order valence-corrected chi connectivity index (χ2v) is 4.55. The van der Waals surface area contributed by atoms with Crippen molar-refractivity contribution >= 4 is 5.91 Å². The summed E-state index contributed by atoms with van der Waals surface area (Å²) in [6.07, 6.45) is -0.296. The topological polar surface area (TPSA) is 32.8 Å². The molecule has 0 radical (unpaired) electrons. The highest BCUT2D eigenvalue weighted by atomic mass is 16.5. The van der Waals surface area contributed by atoms with E-state index in [9.17, 15) is 4.79 Å². The molecule has 0 saturated carbocycles. The van der Waals surface area contributed by atoms with Crippen LogP contribution in [0.2, 0.25) is 0 Å². The van der Waals surface area contributed by atoms with Gasteiger partial charge in [-0.1, -0.05) is 0 Å². The van der Waals surface area contributed by atoms with E-state index in [1.165, 1.54) is 0 Å². The van der Waals surface area contributed by atoms with E-state index in [4.69, 9.17) is 4.74 Å². The van der Waals surface area contributed by atoms with Gasteiger partial charge < -0.3 is 9.64 Å². The molecule has 16 heavy (non-hydrogen) atoms. The van der Waals surface area contributed by atoms with Gasteiger partial charge >= 0.3 is 0 Å². The number of hydrogen-bond acceptors (Lipinski definition) is 3. The fraction of sp³-hybridized carbons (Fsp3) is 0.917. The first-order valence-corrected chi connectivity index (χ1v) is 6.20. The minimum absolute atomic E-state index is 0.130. The summed E-state index contributed by atoms with van der Waals surface area (Å²) in [5, 5.41) is 0. The van der Waals surface area contributed by atoms with Crippen molar-refractivity contribution in [3.05, 3.63) is 0 Å². The lowest BCUT2D eigenvalue weighted by Gasteiger charge is -2.37. The SMILES string of the molecule is CCOC(C)C(=O)N1CCN(C(C)C)CC1. The van der Waals surface area contributed by atoms with Crippen LogP contribution in [0.15, 0.2) is 0 Å². The smallest absolute Gasteiger partial charge is 0.251 e. The summed E-state index contributed by atoms with van der Waals surface area (Å²) in [4.78, 5) is 16.3. The summed E-state index contributed by atoms with van der Waals surface area (Å²) in [6.45, 7) is 12.3. The molecule has 0 bridgehead atoms. The molecular weight excluding hydrogens is 204 g/mol. The van der Waals surface area contributed by atoms with Crippen LogP contribution in [0, 0.1) is 0 Å². The Hall–Kier alpha value is -0.610. The van der Waals surface area contributed by atoms with Gasteiger partial charge in [-0.2, -0.15) is 0 Å². The fourth-order valence-corrected chi connectivity index (χ4v) is 2.04. The Kier molecular flexibility index (Phi) is 5.22. The largest absolute Gasteiger partial charge is 0.369 e. The molecule has 0 aliphatic carbocycles. The molecule has 1 atom stereocenters. The molecule has 0 aromatic heterocycles. The first-order chi connectivity index (χ1) is 7.56. The molecule has 1 amide bonds. The van der Waals surface area contributed by atoms with Crippen molar-refractivity contribution in [2.75, 3.05) is 32.8 Å². The Morgan fingerprint density at radius 1 is 1.19 bits per heavy atom. The maximum absolute atomic E-state index is 11.9. The van der Waals surface area contributed by atoms with E-state index >= 15 is 0 Å². The summed E-state index contributed by atoms with van der Waals surface area (Å²) in [6, 6.07) is 0.571. The van der Waals surface area contributed by atoms with Crippen LogP contribution in [-0.4, -0.2) is 60.6 Å². The van der Waals surface area contributed by atoms with Crippen molar-refractivity contribution in [3.8, 4) is 0 Å². The second kappa shape index (κ2) is 6.21. The summed E-state index contributed by atoms with van der Waals surface area (Å²) >= 11 is 0. The molecule has 1 aliphatic rings. The monoisotopic (exact) mass is 228 g/mol. The standard InChI is InChI=1S/C12H24N2O2/c1-5-16-11(4)12(15)14-8-6-13(7-9-14)10(2)3/h10-11H,5-9H2,1-4H3. The van der Waals surface area contributed by atoms with Gasteiger partial charge in [0.2, 0.25) is 0 Å². The van der Waals surface area contributed by atoms with Crippen LogP contribution in [0.25, 0.3) is 0 Å². The maximum atomic E-state index is 11.9. The predicted molar refractivity (Wildman–Crippen MR) is 64.4 cm³/mol. The lowest BCUT2D eigenvalue weighted by Crippen LogP contribution is -2.52. The van der Waals surface area contributed by atoms with Crippen molar-refractivity contribution in [2.24, 2.45) is 0 Å². The summed E-state index contributed by atoms with van der Waals surface area (Å²) in [7, 11) is 0. The molecule has 0 N–H and O–H groups in total. The zero-order chi connectivity index (χ0) is 12.1. The van der Waals surface area contributed by atoms with E-state index < -0.39 is 0 Å². The number of amides is 1. The lowest BCUT2D eigenvalue weighted by molar-refractivity contribution is -0.144. The number of hydrogen-bond donors (Lipinski definition) is 0. The summed E-state index contributed by atoms with van der Waals surface area (Å²) in [5.41, 5.74) is 0. The minimum atomic E-state index is -0.296. The molecule has 0 aromatic carbocycles. The van der Waals surface area contributed by atoms with Gasteiger partial charge in [-0.15, -0.1) is 0 Å². The van der Waals surface area contributed by atoms with Crippen molar-refractivity contribution in [3.63, 3.8) is 0 Å². The van der Waals surface area contributed by atoms with E-state index in [2.05, 4.69) is 18.7 Å². The highest BCUT2D eigenvalue weighted by Crippen LogP contribution is 2.08. The minimum Gasteiger partial charge on any atom is -0.369 e. The Labute approximate surface area is 98.5 Å². The number of nitrogens with zero attached hydrogens (tertiary/aromatic N) is 2. The number of ether oxygens (including phenoxy) is 1. The third kappa shape index (κ3) is 3.46. The quantitative estimate of drug-likeness (QED) is 0.718. The average molecular weight is 228 g/mol. The van der Waals surface area contributed by atoms with Gasteiger partial charge in [0.05, 0.1) is 0 Å². The summed E-state index contributed by atoms with van der Waals surface area (Å²) in [5.74, 6) is 0.130. The fourth-order valence-electron chi connectivity index (χ4n) is 2.04. The van der Waals surface area contributed by atoms with E-state index in [0.29, 0.717) is 12.6 Å². The third-order valence-electron chi connectivity index (χ3n) is 3.12. The summed E-state index contributed by atoms with van der Waals surface area (Å²) < 4.78 is 5.33. The number of carbonyl (C=O) groups is 1. The Bertz CT molecular complexity index is 223. The number of carbonyl (C=O) groups excluding carboxylic acids is 1. The van der Waals surface area contributed by atoms with Crippen LogP contribution >= 0.6 is 0 Å². The molecule has 1 fully saturated rings. The van der Waals surface area contributed by atoms with E-state index in [-0.39, 0.29) is 12.0 Å². The molecule has 1 aliphatic heterocycles. The Morgan fingerprint density at radius 3 is 2.19 bits per heavy atom. The van der Waals surface area contributed by atoms with Gasteiger partial charge in [0.15, 0.2) is 0 Å². The van der Waals surface area contributed by atoms with Crippen LogP contribution in [0.4, 0.5) is 0 Å². The molecule has 1 heterocycles. The van der Waals surface area contributed by atoms with Gasteiger partial charge in [-0.25, -0.2) is 0 Å². The Morgan fingerprint density at radius 2 is 1.75 bits per heavy atom. The molecule has 4 nitrogen and oxygen atoms in total. The van der Waals surface area contributed by atoms with Gasteiger partial charge in [0.25, 0.3) is 5.91 Å². The van der Waals surface area contributed by atoms with Gasteiger partial charge in [0, 0.05) is 38.8 Å². The van der Waals surface area contributed by atoms with E-state index in [1.807, 2.05) is 18.7 Å². The normalized spacial score (nSPS) is 20.2. The van der Waals surface area contributed by atoms with Crippen LogP contribution in [0.5, 0.6) is 0 Å². The van der Waals surface area contributed by atoms with Crippen molar-refractivity contribution < 1.29 is 9.53 Å². The Balaban J connectivity index is 2.38. The van der Waals surface area contributed by atoms with Gasteiger partial charge in [-0.05, 0) is 27.7 Å². The zero-order valence-corrected chi connectivity index (χ0v) is 10.9. The molecule has 0 spiro atoms. The van der Waals surface area contributed by atoms with Crippen LogP contribution in [0.1, 0.15) is 27.7 Å². The molecule has 1 rings (SSSR count). The first-order valence-electron chi connectivity index (χ1n) is 6.20. The van der Waals surface area contributed by atoms with Crippen molar-refractivity contribution in [1.29, 1.82) is 0 Å². The van der Waals surface area contributed by atoms with E-state index in [1.54, 1.807) is 0 Å². The van der Waals surface area contributed by atoms with Crippen LogP contribution in [0.3, 0.4) is 0 Å². The highest BCUT2D eigenvalue weighted by Gasteiger charge is 2.25. The molecule has 1 saturated heterocycles. The van der Waals surface area contributed by atoms with Crippen LogP contribution < -0.4 is 0 Å². The predicted octanol–water partition coefficient (Wildman–Crippen LogP) is 0.964. The van der Waals surface area contributed by atoms with Gasteiger partial charge in [-0.3, -0.25) is 9.69 Å². The lowest BCUT2D eigenvalue weighted by atomic mass is 10.2. The molecule has 94 valence electrons. The zero-order valence-electron chi connectivity index (χ0n) is 10.9.